The van der Waals surface area contributed by atoms with Crippen LogP contribution in [-0.2, 0) is 11.3 Å². The second-order valence-electron chi connectivity index (χ2n) is 12.6. The summed E-state index contributed by atoms with van der Waals surface area (Å²) in [5.74, 6) is 0.215. The molecule has 2 aromatic carbocycles. The largest absolute Gasteiger partial charge is 0.491 e. The average molecular weight is 609 g/mol. The molecule has 1 saturated carbocycles. The van der Waals surface area contributed by atoms with E-state index in [1.54, 1.807) is 6.20 Å². The Morgan fingerprint density at radius 2 is 1.91 bits per heavy atom. The van der Waals surface area contributed by atoms with Crippen LogP contribution < -0.4 is 15.0 Å². The van der Waals surface area contributed by atoms with Gasteiger partial charge in [0.05, 0.1) is 18.8 Å². The second-order valence-corrected chi connectivity index (χ2v) is 12.6. The lowest BCUT2D eigenvalue weighted by Crippen LogP contribution is -2.41. The third-order valence-corrected chi connectivity index (χ3v) is 9.93. The van der Waals surface area contributed by atoms with Crippen molar-refractivity contribution in [2.75, 3.05) is 37.8 Å². The Morgan fingerprint density at radius 3 is 2.73 bits per heavy atom. The van der Waals surface area contributed by atoms with Gasteiger partial charge in [0.2, 0.25) is 0 Å². The average Bonchev–Trinajstić information content (AvgIpc) is 3.86. The molecule has 2 aromatic heterocycles. The van der Waals surface area contributed by atoms with Crippen molar-refractivity contribution in [3.63, 3.8) is 0 Å². The molecule has 1 saturated heterocycles. The Bertz CT molecular complexity index is 1810. The van der Waals surface area contributed by atoms with Crippen LogP contribution in [0.3, 0.4) is 0 Å². The number of hydrogen-bond acceptors (Lipinski definition) is 6. The SMILES string of the molecule is O=C1c2c(F)cc(C3CC3)cc2OCCN1c1cccc(-c2ccnc3[nH]c(C4=CCNC(C5CCOCC5)C4)cc23)c1CO. The third-order valence-electron chi connectivity index (χ3n) is 9.93. The van der Waals surface area contributed by atoms with E-state index in [2.05, 4.69) is 27.4 Å². The maximum atomic E-state index is 15.4. The van der Waals surface area contributed by atoms with Crippen molar-refractivity contribution in [2.24, 2.45) is 5.92 Å². The Labute approximate surface area is 261 Å². The number of rotatable bonds is 6. The minimum absolute atomic E-state index is 0.0536. The maximum absolute atomic E-state index is 15.4. The van der Waals surface area contributed by atoms with E-state index in [-0.39, 0.29) is 25.3 Å². The number of ether oxygens (including phenoxy) is 2. The minimum Gasteiger partial charge on any atom is -0.491 e. The van der Waals surface area contributed by atoms with Gasteiger partial charge in [-0.1, -0.05) is 18.2 Å². The summed E-state index contributed by atoms with van der Waals surface area (Å²) in [6.45, 7) is 2.64. The number of anilines is 1. The molecule has 8 rings (SSSR count). The summed E-state index contributed by atoms with van der Waals surface area (Å²) in [5.41, 5.74) is 6.76. The molecule has 0 bridgehead atoms. The quantitative estimate of drug-likeness (QED) is 0.250. The van der Waals surface area contributed by atoms with Crippen LogP contribution in [0, 0.1) is 11.7 Å². The van der Waals surface area contributed by atoms with E-state index in [4.69, 9.17) is 9.47 Å². The number of aliphatic hydroxyl groups is 1. The molecule has 2 fully saturated rings. The van der Waals surface area contributed by atoms with E-state index in [1.165, 1.54) is 16.5 Å². The number of benzene rings is 2. The van der Waals surface area contributed by atoms with E-state index in [0.717, 1.165) is 85.3 Å². The molecule has 3 aliphatic heterocycles. The topological polar surface area (TPSA) is 99.7 Å². The first-order valence-corrected chi connectivity index (χ1v) is 16.1. The fourth-order valence-electron chi connectivity index (χ4n) is 7.37. The number of aromatic nitrogens is 2. The summed E-state index contributed by atoms with van der Waals surface area (Å²) in [5, 5.41) is 15.4. The van der Waals surface area contributed by atoms with Crippen LogP contribution in [0.4, 0.5) is 10.1 Å². The number of aliphatic hydroxyl groups excluding tert-OH is 1. The van der Waals surface area contributed by atoms with E-state index < -0.39 is 11.7 Å². The molecule has 45 heavy (non-hydrogen) atoms. The first-order chi connectivity index (χ1) is 22.1. The normalized spacial score (nSPS) is 20.9. The van der Waals surface area contributed by atoms with Crippen LogP contribution in [0.5, 0.6) is 5.75 Å². The summed E-state index contributed by atoms with van der Waals surface area (Å²) in [6.07, 6.45) is 9.16. The van der Waals surface area contributed by atoms with Crippen molar-refractivity contribution in [2.45, 2.75) is 50.7 Å². The fraction of sp³-hybridized carbons (Fsp3) is 0.389. The van der Waals surface area contributed by atoms with Gasteiger partial charge in [0.25, 0.3) is 5.91 Å². The van der Waals surface area contributed by atoms with Gasteiger partial charge in [-0.3, -0.25) is 4.79 Å². The van der Waals surface area contributed by atoms with Gasteiger partial charge in [-0.05, 0) is 96.5 Å². The van der Waals surface area contributed by atoms with Crippen LogP contribution >= 0.6 is 0 Å². The lowest BCUT2D eigenvalue weighted by atomic mass is 9.85. The van der Waals surface area contributed by atoms with E-state index in [0.29, 0.717) is 34.9 Å². The van der Waals surface area contributed by atoms with Gasteiger partial charge in [0, 0.05) is 48.6 Å². The Hall–Kier alpha value is -4.05. The van der Waals surface area contributed by atoms with Crippen molar-refractivity contribution in [1.82, 2.24) is 15.3 Å². The zero-order valence-corrected chi connectivity index (χ0v) is 25.2. The number of amides is 1. The molecule has 5 heterocycles. The molecule has 3 N–H and O–H groups in total. The summed E-state index contributed by atoms with van der Waals surface area (Å²) in [7, 11) is 0. The molecule has 4 aliphatic rings. The molecule has 1 amide bonds. The van der Waals surface area contributed by atoms with Crippen LogP contribution in [0.2, 0.25) is 0 Å². The fourth-order valence-corrected chi connectivity index (χ4v) is 7.37. The molecular weight excluding hydrogens is 571 g/mol. The predicted octanol–water partition coefficient (Wildman–Crippen LogP) is 5.95. The second kappa shape index (κ2) is 11.7. The Morgan fingerprint density at radius 1 is 1.04 bits per heavy atom. The number of carbonyl (C=O) groups is 1. The molecular formula is C36H37FN4O4. The summed E-state index contributed by atoms with van der Waals surface area (Å²) < 4.78 is 26.9. The van der Waals surface area contributed by atoms with Crippen molar-refractivity contribution in [3.8, 4) is 16.9 Å². The van der Waals surface area contributed by atoms with Crippen LogP contribution in [-0.4, -0.2) is 59.9 Å². The highest BCUT2D eigenvalue weighted by atomic mass is 19.1. The molecule has 0 radical (unpaired) electrons. The Balaban J connectivity index is 1.14. The zero-order chi connectivity index (χ0) is 30.5. The number of hydrogen-bond donors (Lipinski definition) is 3. The highest BCUT2D eigenvalue weighted by Gasteiger charge is 2.33. The first kappa shape index (κ1) is 28.4. The smallest absolute Gasteiger partial charge is 0.265 e. The highest BCUT2D eigenvalue weighted by Crippen LogP contribution is 2.44. The minimum atomic E-state index is -0.560. The summed E-state index contributed by atoms with van der Waals surface area (Å²) in [4.78, 5) is 23.6. The van der Waals surface area contributed by atoms with Gasteiger partial charge in [-0.25, -0.2) is 9.37 Å². The van der Waals surface area contributed by atoms with Gasteiger partial charge < -0.3 is 29.8 Å². The summed E-state index contributed by atoms with van der Waals surface area (Å²) in [6, 6.07) is 13.5. The molecule has 232 valence electrons. The molecule has 1 unspecified atom stereocenters. The van der Waals surface area contributed by atoms with E-state index >= 15 is 4.39 Å². The number of aromatic amines is 1. The number of nitrogens with one attached hydrogen (secondary N) is 2. The van der Waals surface area contributed by atoms with Crippen LogP contribution in [0.1, 0.15) is 65.2 Å². The van der Waals surface area contributed by atoms with Crippen molar-refractivity contribution < 1.29 is 23.8 Å². The standard InChI is InChI=1S/C36H37FN4O4/c37-29-16-24(21-4-5-21)18-33-34(29)36(43)41(12-15-45-33)32-3-1-2-25(28(32)20-42)26-7-11-39-35-27(26)19-31(40-35)23-6-10-38-30(17-23)22-8-13-44-14-9-22/h1-3,6-7,11,16,18-19,21-22,30,38,42H,4-5,8-10,12-15,17,20H2,(H,39,40). The van der Waals surface area contributed by atoms with Crippen molar-refractivity contribution >= 4 is 28.2 Å². The number of H-pyrrole nitrogens is 1. The molecule has 4 aromatic rings. The molecule has 1 aliphatic carbocycles. The van der Waals surface area contributed by atoms with Crippen LogP contribution in [0.15, 0.2) is 54.7 Å². The van der Waals surface area contributed by atoms with E-state index in [1.807, 2.05) is 30.3 Å². The number of fused-ring (bicyclic) bond motifs is 2. The van der Waals surface area contributed by atoms with Gasteiger partial charge in [0.1, 0.15) is 29.4 Å². The first-order valence-electron chi connectivity index (χ1n) is 16.1. The van der Waals surface area contributed by atoms with Crippen molar-refractivity contribution in [1.29, 1.82) is 0 Å². The third kappa shape index (κ3) is 5.22. The number of nitrogens with zero attached hydrogens (tertiary/aromatic N) is 2. The van der Waals surface area contributed by atoms with Gasteiger partial charge in [0.15, 0.2) is 0 Å². The molecule has 0 spiro atoms. The number of pyridine rings is 1. The van der Waals surface area contributed by atoms with E-state index in [9.17, 15) is 9.90 Å². The summed E-state index contributed by atoms with van der Waals surface area (Å²) >= 11 is 0. The van der Waals surface area contributed by atoms with Gasteiger partial charge in [-0.15, -0.1) is 0 Å². The monoisotopic (exact) mass is 608 g/mol. The van der Waals surface area contributed by atoms with Gasteiger partial charge in [-0.2, -0.15) is 0 Å². The Kier molecular flexibility index (Phi) is 7.40. The van der Waals surface area contributed by atoms with Gasteiger partial charge >= 0.3 is 0 Å². The molecule has 9 heteroatoms. The molecule has 8 nitrogen and oxygen atoms in total. The number of carbonyl (C=O) groups excluding carboxylic acids is 1. The molecule has 1 atom stereocenters. The highest BCUT2D eigenvalue weighted by molar-refractivity contribution is 6.09. The predicted molar refractivity (Wildman–Crippen MR) is 171 cm³/mol. The lowest BCUT2D eigenvalue weighted by molar-refractivity contribution is 0.0544. The van der Waals surface area contributed by atoms with Crippen LogP contribution in [0.25, 0.3) is 27.7 Å². The number of halogens is 1. The lowest BCUT2D eigenvalue weighted by Gasteiger charge is -2.33. The zero-order valence-electron chi connectivity index (χ0n) is 25.2. The van der Waals surface area contributed by atoms with Crippen molar-refractivity contribution in [3.05, 3.63) is 82.9 Å². The maximum Gasteiger partial charge on any atom is 0.265 e.